The molecule has 0 amide bonds. The monoisotopic (exact) mass is 329 g/mol. The van der Waals surface area contributed by atoms with Gasteiger partial charge in [-0.1, -0.05) is 13.3 Å². The molecule has 0 spiro atoms. The number of methoxy groups -OCH3 is 1. The van der Waals surface area contributed by atoms with Gasteiger partial charge in [0.15, 0.2) is 11.5 Å². The SMILES string of the molecule is CCCc1cc2c(s1)C[C@H]1c3cc(O)c(OC)cc3CCN1C2. The molecule has 0 unspecified atom stereocenters. The van der Waals surface area contributed by atoms with E-state index in [4.69, 9.17) is 4.74 Å². The summed E-state index contributed by atoms with van der Waals surface area (Å²) in [4.78, 5) is 5.63. The third-order valence-corrected chi connectivity index (χ3v) is 6.36. The van der Waals surface area contributed by atoms with E-state index in [2.05, 4.69) is 17.9 Å². The van der Waals surface area contributed by atoms with E-state index in [1.807, 2.05) is 23.5 Å². The molecule has 1 aromatic heterocycles. The van der Waals surface area contributed by atoms with Crippen LogP contribution in [0.1, 0.15) is 45.8 Å². The van der Waals surface area contributed by atoms with Crippen LogP contribution in [0.3, 0.4) is 0 Å². The summed E-state index contributed by atoms with van der Waals surface area (Å²) in [5.74, 6) is 0.854. The summed E-state index contributed by atoms with van der Waals surface area (Å²) in [6.45, 7) is 4.38. The lowest BCUT2D eigenvalue weighted by atomic mass is 9.86. The molecule has 0 bridgehead atoms. The summed E-state index contributed by atoms with van der Waals surface area (Å²) in [5.41, 5.74) is 4.14. The highest BCUT2D eigenvalue weighted by atomic mass is 32.1. The van der Waals surface area contributed by atoms with E-state index in [9.17, 15) is 5.11 Å². The van der Waals surface area contributed by atoms with Crippen LogP contribution >= 0.6 is 11.3 Å². The van der Waals surface area contributed by atoms with Crippen LogP contribution in [0.5, 0.6) is 11.5 Å². The van der Waals surface area contributed by atoms with E-state index in [-0.39, 0.29) is 5.75 Å². The highest BCUT2D eigenvalue weighted by molar-refractivity contribution is 7.12. The Morgan fingerprint density at radius 1 is 1.30 bits per heavy atom. The van der Waals surface area contributed by atoms with Gasteiger partial charge in [-0.15, -0.1) is 11.3 Å². The maximum Gasteiger partial charge on any atom is 0.160 e. The van der Waals surface area contributed by atoms with Gasteiger partial charge in [0.25, 0.3) is 0 Å². The number of phenolic OH excluding ortho intramolecular Hbond substituents is 1. The van der Waals surface area contributed by atoms with Gasteiger partial charge in [0.05, 0.1) is 7.11 Å². The minimum absolute atomic E-state index is 0.261. The highest BCUT2D eigenvalue weighted by Crippen LogP contribution is 2.43. The van der Waals surface area contributed by atoms with Crippen molar-refractivity contribution in [1.29, 1.82) is 0 Å². The van der Waals surface area contributed by atoms with Gasteiger partial charge in [0, 0.05) is 35.3 Å². The Bertz CT molecular complexity index is 737. The van der Waals surface area contributed by atoms with Gasteiger partial charge in [0.1, 0.15) is 0 Å². The third-order valence-electron chi connectivity index (χ3n) is 5.11. The van der Waals surface area contributed by atoms with Crippen LogP contribution in [0, 0.1) is 0 Å². The van der Waals surface area contributed by atoms with E-state index in [0.717, 1.165) is 25.9 Å². The molecular weight excluding hydrogens is 306 g/mol. The number of aromatic hydroxyl groups is 1. The molecule has 0 saturated carbocycles. The predicted octanol–water partition coefficient (Wildman–Crippen LogP) is 4.07. The molecule has 0 aliphatic carbocycles. The maximum atomic E-state index is 10.2. The van der Waals surface area contributed by atoms with Crippen molar-refractivity contribution in [3.63, 3.8) is 0 Å². The normalized spacial score (nSPS) is 19.8. The van der Waals surface area contributed by atoms with Crippen LogP contribution in [0.2, 0.25) is 0 Å². The van der Waals surface area contributed by atoms with Gasteiger partial charge >= 0.3 is 0 Å². The molecule has 2 aliphatic heterocycles. The Kier molecular flexibility index (Phi) is 3.82. The van der Waals surface area contributed by atoms with Gasteiger partial charge in [-0.3, -0.25) is 4.90 Å². The third kappa shape index (κ3) is 2.54. The molecule has 0 saturated heterocycles. The Labute approximate surface area is 141 Å². The lowest BCUT2D eigenvalue weighted by Crippen LogP contribution is -2.38. The number of phenols is 1. The second kappa shape index (κ2) is 5.84. The number of thiophene rings is 1. The first-order chi connectivity index (χ1) is 11.2. The van der Waals surface area contributed by atoms with Crippen molar-refractivity contribution in [3.8, 4) is 11.5 Å². The average molecular weight is 329 g/mol. The van der Waals surface area contributed by atoms with Crippen LogP contribution < -0.4 is 4.74 Å². The second-order valence-corrected chi connectivity index (χ2v) is 7.80. The van der Waals surface area contributed by atoms with Crippen molar-refractivity contribution in [3.05, 3.63) is 44.6 Å². The molecule has 1 N–H and O–H groups in total. The molecule has 4 heteroatoms. The summed E-state index contributed by atoms with van der Waals surface area (Å²) >= 11 is 1.99. The molecule has 0 radical (unpaired) electrons. The minimum Gasteiger partial charge on any atom is -0.504 e. The molecule has 122 valence electrons. The van der Waals surface area contributed by atoms with Crippen molar-refractivity contribution in [2.24, 2.45) is 0 Å². The summed E-state index contributed by atoms with van der Waals surface area (Å²) in [5, 5.41) is 10.2. The fraction of sp³-hybridized carbons (Fsp3) is 0.474. The van der Waals surface area contributed by atoms with Crippen LogP contribution in [-0.4, -0.2) is 23.7 Å². The topological polar surface area (TPSA) is 32.7 Å². The van der Waals surface area contributed by atoms with E-state index >= 15 is 0 Å². The molecule has 2 aromatic rings. The fourth-order valence-electron chi connectivity index (χ4n) is 3.96. The van der Waals surface area contributed by atoms with E-state index < -0.39 is 0 Å². The van der Waals surface area contributed by atoms with Gasteiger partial charge < -0.3 is 9.84 Å². The van der Waals surface area contributed by atoms with Crippen molar-refractivity contribution in [1.82, 2.24) is 4.90 Å². The molecule has 2 aliphatic rings. The zero-order valence-corrected chi connectivity index (χ0v) is 14.6. The lowest BCUT2D eigenvalue weighted by molar-refractivity contribution is 0.162. The summed E-state index contributed by atoms with van der Waals surface area (Å²) < 4.78 is 5.27. The number of rotatable bonds is 3. The maximum absolute atomic E-state index is 10.2. The molecule has 3 nitrogen and oxygen atoms in total. The average Bonchev–Trinajstić information content (AvgIpc) is 2.94. The summed E-state index contributed by atoms with van der Waals surface area (Å²) in [7, 11) is 1.62. The van der Waals surface area contributed by atoms with Crippen molar-refractivity contribution in [2.45, 2.75) is 45.2 Å². The predicted molar refractivity (Wildman–Crippen MR) is 93.5 cm³/mol. The highest BCUT2D eigenvalue weighted by Gasteiger charge is 2.33. The molecule has 0 fully saturated rings. The van der Waals surface area contributed by atoms with Crippen LogP contribution in [0.25, 0.3) is 0 Å². The van der Waals surface area contributed by atoms with Gasteiger partial charge in [-0.2, -0.15) is 0 Å². The molecule has 3 heterocycles. The molecule has 4 rings (SSSR count). The largest absolute Gasteiger partial charge is 0.504 e. The van der Waals surface area contributed by atoms with E-state index in [1.54, 1.807) is 7.11 Å². The molecular formula is C19H23NO2S. The summed E-state index contributed by atoms with van der Waals surface area (Å²) in [6.07, 6.45) is 4.51. The smallest absolute Gasteiger partial charge is 0.160 e. The summed E-state index contributed by atoms with van der Waals surface area (Å²) in [6, 6.07) is 6.77. The number of ether oxygens (including phenoxy) is 1. The number of hydrogen-bond acceptors (Lipinski definition) is 4. The zero-order valence-electron chi connectivity index (χ0n) is 13.8. The number of hydrogen-bond donors (Lipinski definition) is 1. The Hall–Kier alpha value is -1.52. The van der Waals surface area contributed by atoms with Crippen molar-refractivity contribution < 1.29 is 9.84 Å². The van der Waals surface area contributed by atoms with Crippen LogP contribution in [0.15, 0.2) is 18.2 Å². The van der Waals surface area contributed by atoms with Gasteiger partial charge in [0.2, 0.25) is 0 Å². The Morgan fingerprint density at radius 2 is 2.17 bits per heavy atom. The number of aryl methyl sites for hydroxylation is 1. The number of benzene rings is 1. The molecule has 1 atom stereocenters. The minimum atomic E-state index is 0.261. The van der Waals surface area contributed by atoms with Crippen molar-refractivity contribution in [2.75, 3.05) is 13.7 Å². The molecule has 23 heavy (non-hydrogen) atoms. The molecule has 1 aromatic carbocycles. The first-order valence-electron chi connectivity index (χ1n) is 8.44. The van der Waals surface area contributed by atoms with E-state index in [1.165, 1.54) is 39.3 Å². The fourth-order valence-corrected chi connectivity index (χ4v) is 5.28. The van der Waals surface area contributed by atoms with E-state index in [0.29, 0.717) is 11.8 Å². The van der Waals surface area contributed by atoms with Crippen molar-refractivity contribution >= 4 is 11.3 Å². The Balaban J connectivity index is 1.69. The van der Waals surface area contributed by atoms with Crippen LogP contribution in [0.4, 0.5) is 0 Å². The zero-order chi connectivity index (χ0) is 16.0. The first-order valence-corrected chi connectivity index (χ1v) is 9.25. The lowest BCUT2D eigenvalue weighted by Gasteiger charge is -2.40. The van der Waals surface area contributed by atoms with Crippen LogP contribution in [-0.2, 0) is 25.8 Å². The quantitative estimate of drug-likeness (QED) is 0.921. The van der Waals surface area contributed by atoms with Gasteiger partial charge in [-0.05, 0) is 47.7 Å². The standard InChI is InChI=1S/C19H23NO2S/c1-3-4-14-7-13-11-20-6-5-12-8-18(22-2)17(21)9-15(12)16(20)10-19(13)23-14/h7-9,16,21H,3-6,10-11H2,1-2H3/t16-/m0/s1. The first kappa shape index (κ1) is 15.0. The van der Waals surface area contributed by atoms with Gasteiger partial charge in [-0.25, -0.2) is 0 Å². The number of fused-ring (bicyclic) bond motifs is 4. The number of nitrogens with zero attached hydrogens (tertiary/aromatic N) is 1. The second-order valence-electron chi connectivity index (χ2n) is 6.57. The Morgan fingerprint density at radius 3 is 2.96 bits per heavy atom.